The summed E-state index contributed by atoms with van der Waals surface area (Å²) in [5, 5.41) is 4.03. The number of anilines is 1. The van der Waals surface area contributed by atoms with Gasteiger partial charge in [-0.25, -0.2) is 9.78 Å². The molecular weight excluding hydrogens is 344 g/mol. The number of rotatable bonds is 1. The maximum atomic E-state index is 11.7. The number of nitrogens with zero attached hydrogens (tertiary/aromatic N) is 1. The Bertz CT molecular complexity index is 668. The summed E-state index contributed by atoms with van der Waals surface area (Å²) >= 11 is 9.52. The van der Waals surface area contributed by atoms with Gasteiger partial charge in [0.2, 0.25) is 0 Å². The third-order valence-corrected chi connectivity index (χ3v) is 3.35. The van der Waals surface area contributed by atoms with Gasteiger partial charge in [-0.15, -0.1) is 0 Å². The number of amides is 1. The molecule has 6 heteroatoms. The van der Waals surface area contributed by atoms with E-state index in [1.807, 2.05) is 12.1 Å². The average Bonchev–Trinajstić information content (AvgIpc) is 2.31. The number of carbonyl (C=O) groups excluding carboxylic acids is 1. The number of fused-ring (bicyclic) bond motifs is 1. The van der Waals surface area contributed by atoms with Crippen molar-refractivity contribution in [2.24, 2.45) is 0 Å². The van der Waals surface area contributed by atoms with Gasteiger partial charge in [0.05, 0.1) is 10.5 Å². The van der Waals surface area contributed by atoms with E-state index in [-0.39, 0.29) is 0 Å². The summed E-state index contributed by atoms with van der Waals surface area (Å²) in [6.07, 6.45) is -0.539. The van der Waals surface area contributed by atoms with Crippen LogP contribution in [0.4, 0.5) is 10.6 Å². The Kier molecular flexibility index (Phi) is 4.20. The van der Waals surface area contributed by atoms with E-state index in [1.165, 1.54) is 0 Å². The van der Waals surface area contributed by atoms with Gasteiger partial charge in [-0.1, -0.05) is 11.6 Å². The molecule has 0 unspecified atom stereocenters. The summed E-state index contributed by atoms with van der Waals surface area (Å²) in [4.78, 5) is 16.1. The lowest BCUT2D eigenvalue weighted by Crippen LogP contribution is -2.27. The van der Waals surface area contributed by atoms with E-state index >= 15 is 0 Å². The first-order chi connectivity index (χ1) is 9.26. The Morgan fingerprint density at radius 3 is 2.65 bits per heavy atom. The standard InChI is InChI=1S/C14H14BrClN2O2/c1-14(2,3)20-13(19)18-11-7-4-8-10(16)6-5-9(15)12(8)17-11/h4-7H,1-3H3,(H,17,18,19). The monoisotopic (exact) mass is 356 g/mol. The van der Waals surface area contributed by atoms with Crippen LogP contribution in [0.3, 0.4) is 0 Å². The molecule has 0 aliphatic carbocycles. The Balaban J connectivity index is 2.29. The molecule has 106 valence electrons. The van der Waals surface area contributed by atoms with Gasteiger partial charge in [0.15, 0.2) is 0 Å². The van der Waals surface area contributed by atoms with Crippen molar-refractivity contribution in [2.75, 3.05) is 5.32 Å². The molecule has 1 aromatic heterocycles. The molecule has 2 rings (SSSR count). The molecule has 4 nitrogen and oxygen atoms in total. The van der Waals surface area contributed by atoms with Crippen LogP contribution >= 0.6 is 27.5 Å². The molecule has 1 amide bonds. The summed E-state index contributed by atoms with van der Waals surface area (Å²) in [5.74, 6) is 0.412. The minimum absolute atomic E-state index is 0.412. The second-order valence-corrected chi connectivity index (χ2v) is 6.51. The minimum atomic E-state index is -0.551. The zero-order valence-electron chi connectivity index (χ0n) is 11.3. The fourth-order valence-corrected chi connectivity index (χ4v) is 2.28. The molecule has 20 heavy (non-hydrogen) atoms. The van der Waals surface area contributed by atoms with Crippen molar-refractivity contribution in [1.82, 2.24) is 4.98 Å². The zero-order chi connectivity index (χ0) is 14.9. The molecule has 0 bridgehead atoms. The number of carbonyl (C=O) groups is 1. The highest BCUT2D eigenvalue weighted by molar-refractivity contribution is 9.10. The summed E-state index contributed by atoms with van der Waals surface area (Å²) in [6.45, 7) is 5.41. The van der Waals surface area contributed by atoms with Crippen LogP contribution in [-0.2, 0) is 4.74 Å². The topological polar surface area (TPSA) is 51.2 Å². The van der Waals surface area contributed by atoms with Gasteiger partial charge in [0.25, 0.3) is 0 Å². The van der Waals surface area contributed by atoms with E-state index < -0.39 is 11.7 Å². The van der Waals surface area contributed by atoms with E-state index in [2.05, 4.69) is 26.2 Å². The van der Waals surface area contributed by atoms with Crippen LogP contribution in [0.1, 0.15) is 20.8 Å². The van der Waals surface area contributed by atoms with Crippen LogP contribution in [0.25, 0.3) is 10.9 Å². The average molecular weight is 358 g/mol. The normalized spacial score (nSPS) is 11.4. The van der Waals surface area contributed by atoms with Gasteiger partial charge < -0.3 is 4.74 Å². The first-order valence-corrected chi connectivity index (χ1v) is 7.18. The second kappa shape index (κ2) is 5.58. The van der Waals surface area contributed by atoms with Crippen LogP contribution in [0.15, 0.2) is 28.7 Å². The van der Waals surface area contributed by atoms with Crippen molar-refractivity contribution in [3.05, 3.63) is 33.8 Å². The van der Waals surface area contributed by atoms with Crippen LogP contribution < -0.4 is 5.32 Å². The first kappa shape index (κ1) is 15.1. The summed E-state index contributed by atoms with van der Waals surface area (Å²) in [5.41, 5.74) is 0.135. The highest BCUT2D eigenvalue weighted by atomic mass is 79.9. The summed E-state index contributed by atoms with van der Waals surface area (Å²) < 4.78 is 5.99. The van der Waals surface area contributed by atoms with Crippen molar-refractivity contribution >= 4 is 50.3 Å². The molecule has 0 aliphatic heterocycles. The maximum Gasteiger partial charge on any atom is 0.413 e. The third-order valence-electron chi connectivity index (χ3n) is 2.38. The SMILES string of the molecule is CC(C)(C)OC(=O)Nc1ccc2c(Cl)ccc(Br)c2n1. The van der Waals surface area contributed by atoms with Crippen molar-refractivity contribution in [3.63, 3.8) is 0 Å². The molecule has 1 heterocycles. The Morgan fingerprint density at radius 1 is 1.30 bits per heavy atom. The van der Waals surface area contributed by atoms with E-state index in [4.69, 9.17) is 16.3 Å². The quantitative estimate of drug-likeness (QED) is 0.781. The highest BCUT2D eigenvalue weighted by Crippen LogP contribution is 2.29. The number of aromatic nitrogens is 1. The number of hydrogen-bond donors (Lipinski definition) is 1. The predicted octanol–water partition coefficient (Wildman–Crippen LogP) is 5.00. The smallest absolute Gasteiger partial charge is 0.413 e. The summed E-state index contributed by atoms with van der Waals surface area (Å²) in [7, 11) is 0. The molecule has 0 saturated carbocycles. The van der Waals surface area contributed by atoms with Crippen LogP contribution in [0.2, 0.25) is 5.02 Å². The Labute approximate surface area is 130 Å². The van der Waals surface area contributed by atoms with Gasteiger partial charge in [0, 0.05) is 9.86 Å². The van der Waals surface area contributed by atoms with Crippen LogP contribution in [0.5, 0.6) is 0 Å². The molecule has 0 fully saturated rings. The minimum Gasteiger partial charge on any atom is -0.444 e. The summed E-state index contributed by atoms with van der Waals surface area (Å²) in [6, 6.07) is 7.10. The molecule has 1 N–H and O–H groups in total. The molecule has 1 aromatic carbocycles. The van der Waals surface area contributed by atoms with E-state index in [0.29, 0.717) is 16.4 Å². The van der Waals surface area contributed by atoms with E-state index in [9.17, 15) is 4.79 Å². The van der Waals surface area contributed by atoms with E-state index in [1.54, 1.807) is 32.9 Å². The lowest BCUT2D eigenvalue weighted by atomic mass is 10.2. The van der Waals surface area contributed by atoms with Crippen molar-refractivity contribution in [2.45, 2.75) is 26.4 Å². The van der Waals surface area contributed by atoms with Gasteiger partial charge >= 0.3 is 6.09 Å². The lowest BCUT2D eigenvalue weighted by molar-refractivity contribution is 0.0635. The molecule has 2 aromatic rings. The molecule has 0 radical (unpaired) electrons. The van der Waals surface area contributed by atoms with Gasteiger partial charge in [-0.05, 0) is 61.0 Å². The van der Waals surface area contributed by atoms with Crippen molar-refractivity contribution in [1.29, 1.82) is 0 Å². The van der Waals surface area contributed by atoms with Crippen molar-refractivity contribution < 1.29 is 9.53 Å². The van der Waals surface area contributed by atoms with Crippen LogP contribution in [0, 0.1) is 0 Å². The van der Waals surface area contributed by atoms with Gasteiger partial charge in [0.1, 0.15) is 11.4 Å². The van der Waals surface area contributed by atoms with Crippen molar-refractivity contribution in [3.8, 4) is 0 Å². The third kappa shape index (κ3) is 3.61. The van der Waals surface area contributed by atoms with Crippen LogP contribution in [-0.4, -0.2) is 16.7 Å². The number of nitrogens with one attached hydrogen (secondary N) is 1. The lowest BCUT2D eigenvalue weighted by Gasteiger charge is -2.19. The number of pyridine rings is 1. The number of halogens is 2. The predicted molar refractivity (Wildman–Crippen MR) is 84.3 cm³/mol. The number of hydrogen-bond acceptors (Lipinski definition) is 3. The Hall–Kier alpha value is -1.33. The zero-order valence-corrected chi connectivity index (χ0v) is 13.7. The first-order valence-electron chi connectivity index (χ1n) is 6.01. The Morgan fingerprint density at radius 2 is 2.00 bits per heavy atom. The molecular formula is C14H14BrClN2O2. The maximum absolute atomic E-state index is 11.7. The van der Waals surface area contributed by atoms with Gasteiger partial charge in [-0.2, -0.15) is 0 Å². The molecule has 0 saturated heterocycles. The second-order valence-electron chi connectivity index (χ2n) is 5.25. The molecule has 0 atom stereocenters. The number of benzene rings is 1. The fraction of sp³-hybridized carbons (Fsp3) is 0.286. The number of ether oxygens (including phenoxy) is 1. The molecule has 0 spiro atoms. The van der Waals surface area contributed by atoms with E-state index in [0.717, 1.165) is 9.86 Å². The largest absolute Gasteiger partial charge is 0.444 e. The van der Waals surface area contributed by atoms with Gasteiger partial charge in [-0.3, -0.25) is 5.32 Å². The highest BCUT2D eigenvalue weighted by Gasteiger charge is 2.17. The molecule has 0 aliphatic rings. The fourth-order valence-electron chi connectivity index (χ4n) is 1.63.